The predicted octanol–water partition coefficient (Wildman–Crippen LogP) is 3.91. The molecule has 0 fully saturated rings. The lowest BCUT2D eigenvalue weighted by Gasteiger charge is -2.10. The van der Waals surface area contributed by atoms with Crippen molar-refractivity contribution in [2.75, 3.05) is 17.3 Å². The Balaban J connectivity index is 1.83. The summed E-state index contributed by atoms with van der Waals surface area (Å²) in [5, 5.41) is 19.1. The fourth-order valence-electron chi connectivity index (χ4n) is 2.32. The van der Waals surface area contributed by atoms with Gasteiger partial charge in [-0.1, -0.05) is 0 Å². The zero-order valence-corrected chi connectivity index (χ0v) is 16.7. The molecule has 29 heavy (non-hydrogen) atoms. The van der Waals surface area contributed by atoms with Gasteiger partial charge in [-0.05, 0) is 53.2 Å². The number of hydrazone groups is 1. The van der Waals surface area contributed by atoms with Crippen LogP contribution in [-0.4, -0.2) is 26.7 Å². The van der Waals surface area contributed by atoms with Gasteiger partial charge in [-0.2, -0.15) is 16.4 Å². The minimum absolute atomic E-state index is 0.0740. The largest absolute Gasteiger partial charge is 0.497 e. The lowest BCUT2D eigenvalue weighted by molar-refractivity contribution is -0.384. The number of nitrogens with one attached hydrogen (secondary N) is 2. The van der Waals surface area contributed by atoms with E-state index in [-0.39, 0.29) is 10.6 Å². The highest BCUT2D eigenvalue weighted by molar-refractivity contribution is 7.92. The monoisotopic (exact) mass is 432 g/mol. The van der Waals surface area contributed by atoms with Crippen LogP contribution in [0.4, 0.5) is 17.1 Å². The Bertz CT molecular complexity index is 1130. The molecule has 0 aliphatic carbocycles. The molecule has 0 aliphatic heterocycles. The number of hydrogen-bond acceptors (Lipinski definition) is 8. The summed E-state index contributed by atoms with van der Waals surface area (Å²) in [6.07, 6.45) is 1.51. The predicted molar refractivity (Wildman–Crippen MR) is 112 cm³/mol. The number of ether oxygens (including phenoxy) is 1. The fourth-order valence-corrected chi connectivity index (χ4v) is 4.01. The van der Waals surface area contributed by atoms with Gasteiger partial charge >= 0.3 is 0 Å². The molecule has 1 heterocycles. The van der Waals surface area contributed by atoms with Gasteiger partial charge in [0.2, 0.25) is 0 Å². The van der Waals surface area contributed by atoms with Crippen LogP contribution in [0.15, 0.2) is 69.3 Å². The summed E-state index contributed by atoms with van der Waals surface area (Å²) in [6, 6.07) is 11.6. The number of sulfonamides is 1. The standard InChI is InChI=1S/C18H16N4O5S2/c1-27-15-4-2-14(3-5-15)21-29(25,26)16-6-7-17(18(10-16)22(23)24)20-19-11-13-8-9-28-12-13/h2-12,20-21H,1H3. The van der Waals surface area contributed by atoms with E-state index in [1.165, 1.54) is 48.9 Å². The molecular weight excluding hydrogens is 416 g/mol. The molecule has 3 rings (SSSR count). The van der Waals surface area contributed by atoms with Crippen molar-refractivity contribution in [3.05, 3.63) is 75.0 Å². The molecule has 2 N–H and O–H groups in total. The quantitative estimate of drug-likeness (QED) is 0.316. The highest BCUT2D eigenvalue weighted by Gasteiger charge is 2.21. The zero-order valence-electron chi connectivity index (χ0n) is 15.1. The lowest BCUT2D eigenvalue weighted by Crippen LogP contribution is -2.13. The van der Waals surface area contributed by atoms with E-state index in [0.29, 0.717) is 11.4 Å². The van der Waals surface area contributed by atoms with Crippen LogP contribution in [0.1, 0.15) is 5.56 Å². The second kappa shape index (κ2) is 8.71. The van der Waals surface area contributed by atoms with Crippen molar-refractivity contribution in [3.8, 4) is 5.75 Å². The van der Waals surface area contributed by atoms with Gasteiger partial charge in [-0.15, -0.1) is 0 Å². The summed E-state index contributed by atoms with van der Waals surface area (Å²) in [5.41, 5.74) is 3.38. The number of hydrogen-bond donors (Lipinski definition) is 2. The fraction of sp³-hybridized carbons (Fsp3) is 0.0556. The van der Waals surface area contributed by atoms with Crippen LogP contribution >= 0.6 is 11.3 Å². The van der Waals surface area contributed by atoms with Crippen LogP contribution < -0.4 is 14.9 Å². The SMILES string of the molecule is COc1ccc(NS(=O)(=O)c2ccc(NN=Cc3ccsc3)c([N+](=O)[O-])c2)cc1. The molecule has 0 spiro atoms. The Morgan fingerprint density at radius 3 is 2.55 bits per heavy atom. The summed E-state index contributed by atoms with van der Waals surface area (Å²) in [5.74, 6) is 0.571. The Morgan fingerprint density at radius 1 is 1.17 bits per heavy atom. The molecule has 0 saturated carbocycles. The first-order valence-corrected chi connectivity index (χ1v) is 10.6. The first-order valence-electron chi connectivity index (χ1n) is 8.15. The van der Waals surface area contributed by atoms with Gasteiger partial charge in [0.15, 0.2) is 0 Å². The van der Waals surface area contributed by atoms with Crippen molar-refractivity contribution in [1.29, 1.82) is 0 Å². The molecule has 0 bridgehead atoms. The smallest absolute Gasteiger partial charge is 0.295 e. The molecule has 150 valence electrons. The van der Waals surface area contributed by atoms with Gasteiger partial charge in [0.1, 0.15) is 11.4 Å². The molecule has 0 saturated heterocycles. The Hall–Kier alpha value is -3.44. The number of rotatable bonds is 8. The van der Waals surface area contributed by atoms with Crippen LogP contribution in [0.2, 0.25) is 0 Å². The van der Waals surface area contributed by atoms with Gasteiger partial charge in [0.05, 0.1) is 23.1 Å². The third-order valence-electron chi connectivity index (χ3n) is 3.76. The first-order chi connectivity index (χ1) is 13.9. The van der Waals surface area contributed by atoms with Gasteiger partial charge in [-0.3, -0.25) is 20.3 Å². The van der Waals surface area contributed by atoms with Gasteiger partial charge in [0, 0.05) is 17.3 Å². The summed E-state index contributed by atoms with van der Waals surface area (Å²) in [6.45, 7) is 0. The minimum atomic E-state index is -4.02. The molecule has 0 radical (unpaired) electrons. The number of nitro benzene ring substituents is 1. The van der Waals surface area contributed by atoms with Crippen molar-refractivity contribution in [3.63, 3.8) is 0 Å². The summed E-state index contributed by atoms with van der Waals surface area (Å²) in [4.78, 5) is 10.5. The lowest BCUT2D eigenvalue weighted by atomic mass is 10.3. The number of anilines is 2. The number of benzene rings is 2. The molecule has 0 unspecified atom stereocenters. The van der Waals surface area contributed by atoms with Crippen molar-refractivity contribution >= 4 is 44.6 Å². The van der Waals surface area contributed by atoms with E-state index in [4.69, 9.17) is 4.74 Å². The highest BCUT2D eigenvalue weighted by Crippen LogP contribution is 2.29. The molecule has 3 aromatic rings. The molecular formula is C18H16N4O5S2. The van der Waals surface area contributed by atoms with Crippen LogP contribution in [0.25, 0.3) is 0 Å². The van der Waals surface area contributed by atoms with E-state index in [2.05, 4.69) is 15.2 Å². The molecule has 0 aliphatic rings. The van der Waals surface area contributed by atoms with Crippen LogP contribution in [0.3, 0.4) is 0 Å². The average Bonchev–Trinajstić information content (AvgIpc) is 3.22. The average molecular weight is 432 g/mol. The third kappa shape index (κ3) is 5.09. The number of nitrogens with zero attached hydrogens (tertiary/aromatic N) is 2. The second-order valence-electron chi connectivity index (χ2n) is 5.70. The Kier molecular flexibility index (Phi) is 6.10. The molecule has 0 atom stereocenters. The molecule has 11 heteroatoms. The van der Waals surface area contributed by atoms with Crippen LogP contribution in [-0.2, 0) is 10.0 Å². The maximum atomic E-state index is 12.6. The van der Waals surface area contributed by atoms with Crippen molar-refractivity contribution in [1.82, 2.24) is 0 Å². The van der Waals surface area contributed by atoms with Crippen molar-refractivity contribution in [2.45, 2.75) is 4.90 Å². The van der Waals surface area contributed by atoms with Crippen LogP contribution in [0.5, 0.6) is 5.75 Å². The summed E-state index contributed by atoms with van der Waals surface area (Å²) >= 11 is 1.49. The molecule has 0 amide bonds. The molecule has 9 nitrogen and oxygen atoms in total. The van der Waals surface area contributed by atoms with E-state index >= 15 is 0 Å². The maximum absolute atomic E-state index is 12.6. The van der Waals surface area contributed by atoms with Gasteiger partial charge in [0.25, 0.3) is 15.7 Å². The van der Waals surface area contributed by atoms with E-state index < -0.39 is 20.6 Å². The molecule has 1 aromatic heterocycles. The maximum Gasteiger partial charge on any atom is 0.295 e. The topological polar surface area (TPSA) is 123 Å². The van der Waals surface area contributed by atoms with E-state index in [9.17, 15) is 18.5 Å². The second-order valence-corrected chi connectivity index (χ2v) is 8.16. The highest BCUT2D eigenvalue weighted by atomic mass is 32.2. The number of methoxy groups -OCH3 is 1. The van der Waals surface area contributed by atoms with E-state index in [0.717, 1.165) is 11.6 Å². The van der Waals surface area contributed by atoms with E-state index in [1.807, 2.05) is 16.8 Å². The van der Waals surface area contributed by atoms with Crippen molar-refractivity contribution in [2.24, 2.45) is 5.10 Å². The first kappa shape index (κ1) is 20.3. The van der Waals surface area contributed by atoms with E-state index in [1.54, 1.807) is 12.1 Å². The Labute approximate surface area is 170 Å². The number of nitro groups is 1. The zero-order chi connectivity index (χ0) is 20.9. The molecule has 2 aromatic carbocycles. The third-order valence-corrected chi connectivity index (χ3v) is 5.84. The van der Waals surface area contributed by atoms with Gasteiger partial charge < -0.3 is 4.74 Å². The summed E-state index contributed by atoms with van der Waals surface area (Å²) < 4.78 is 32.6. The summed E-state index contributed by atoms with van der Waals surface area (Å²) in [7, 11) is -2.52. The normalized spacial score (nSPS) is 11.3. The minimum Gasteiger partial charge on any atom is -0.497 e. The Morgan fingerprint density at radius 2 is 1.93 bits per heavy atom. The van der Waals surface area contributed by atoms with Crippen LogP contribution in [0, 0.1) is 10.1 Å². The number of thiophene rings is 1. The van der Waals surface area contributed by atoms with Gasteiger partial charge in [-0.25, -0.2) is 8.42 Å². The van der Waals surface area contributed by atoms with Crippen molar-refractivity contribution < 1.29 is 18.1 Å².